The molecule has 0 bridgehead atoms. The van der Waals surface area contributed by atoms with Crippen LogP contribution in [0.2, 0.25) is 0 Å². The van der Waals surface area contributed by atoms with Crippen LogP contribution in [-0.4, -0.2) is 73.2 Å². The minimum absolute atomic E-state index is 0.00370. The van der Waals surface area contributed by atoms with Crippen molar-refractivity contribution in [2.75, 3.05) is 39.8 Å². The lowest BCUT2D eigenvalue weighted by molar-refractivity contribution is -0.254. The van der Waals surface area contributed by atoms with E-state index in [-0.39, 0.29) is 18.2 Å². The van der Waals surface area contributed by atoms with E-state index in [4.69, 9.17) is 9.47 Å². The Morgan fingerprint density at radius 3 is 1.42 bits per heavy atom. The first-order chi connectivity index (χ1) is 24.5. The highest BCUT2D eigenvalue weighted by Crippen LogP contribution is 2.33. The van der Waals surface area contributed by atoms with Gasteiger partial charge in [0.05, 0.1) is 6.61 Å². The lowest BCUT2D eigenvalue weighted by atomic mass is 10.0. The number of carbonyl (C=O) groups excluding carboxylic acids is 2. The summed E-state index contributed by atoms with van der Waals surface area (Å²) in [4.78, 5) is 31.2. The van der Waals surface area contributed by atoms with Gasteiger partial charge < -0.3 is 14.4 Å². The molecule has 50 heavy (non-hydrogen) atoms. The van der Waals surface area contributed by atoms with Crippen LogP contribution in [0.15, 0.2) is 24.3 Å². The van der Waals surface area contributed by atoms with Gasteiger partial charge in [-0.05, 0) is 71.3 Å². The van der Waals surface area contributed by atoms with E-state index in [1.54, 1.807) is 0 Å². The quantitative estimate of drug-likeness (QED) is 0.0502. The first kappa shape index (κ1) is 44.8. The van der Waals surface area contributed by atoms with Crippen LogP contribution in [0, 0.1) is 0 Å². The highest BCUT2D eigenvalue weighted by atomic mass is 16.8. The number of likely N-dealkylation sites (N-methyl/N-ethyl adjacent to an activating group) is 1. The zero-order chi connectivity index (χ0) is 36.0. The Morgan fingerprint density at radius 2 is 0.960 bits per heavy atom. The van der Waals surface area contributed by atoms with Crippen LogP contribution < -0.4 is 0 Å². The lowest BCUT2D eigenvalue weighted by Gasteiger charge is -2.42. The number of hydrogen-bond donors (Lipinski definition) is 0. The standard InChI is InChI=1S/C44H80N2O4/c1-4-6-8-10-12-14-16-18-20-22-24-26-28-30-32-34-41(47)42-40-49-44(50-42,46-38-36-45(3)37-39-46)43(48)35-33-31-29-27-25-23-21-19-17-15-13-11-9-7-5-2/h18-21,42H,4-17,22-40H2,1-3H3/b20-18-,21-19-. The minimum atomic E-state index is -1.38. The number of Topliss-reactive ketones (excluding diaryl/α,β-unsaturated/α-hetero) is 2. The lowest BCUT2D eigenvalue weighted by Crippen LogP contribution is -2.61. The molecule has 0 spiro atoms. The van der Waals surface area contributed by atoms with Gasteiger partial charge in [0, 0.05) is 39.0 Å². The Labute approximate surface area is 309 Å². The summed E-state index contributed by atoms with van der Waals surface area (Å²) in [6, 6.07) is 0. The highest BCUT2D eigenvalue weighted by molar-refractivity contribution is 5.88. The van der Waals surface area contributed by atoms with Crippen molar-refractivity contribution in [2.24, 2.45) is 0 Å². The van der Waals surface area contributed by atoms with Crippen LogP contribution in [-0.2, 0) is 19.1 Å². The average Bonchev–Trinajstić information content (AvgIpc) is 3.59. The average molecular weight is 701 g/mol. The molecule has 6 heteroatoms. The van der Waals surface area contributed by atoms with E-state index in [2.05, 4.69) is 55.0 Å². The number of ketones is 2. The Bertz CT molecular complexity index is 896. The summed E-state index contributed by atoms with van der Waals surface area (Å²) in [7, 11) is 2.11. The summed E-state index contributed by atoms with van der Waals surface area (Å²) in [5.41, 5.74) is 0. The maximum absolute atomic E-state index is 13.7. The molecule has 0 radical (unpaired) electrons. The highest BCUT2D eigenvalue weighted by Gasteiger charge is 2.54. The van der Waals surface area contributed by atoms with Crippen molar-refractivity contribution >= 4 is 11.6 Å². The molecule has 0 amide bonds. The van der Waals surface area contributed by atoms with Gasteiger partial charge in [0.15, 0.2) is 5.78 Å². The van der Waals surface area contributed by atoms with Crippen LogP contribution in [0.3, 0.4) is 0 Å². The molecule has 0 aromatic carbocycles. The molecule has 290 valence electrons. The molecule has 0 N–H and O–H groups in total. The van der Waals surface area contributed by atoms with Crippen LogP contribution in [0.5, 0.6) is 0 Å². The van der Waals surface area contributed by atoms with Gasteiger partial charge in [0.25, 0.3) is 5.91 Å². The third-order valence-corrected chi connectivity index (χ3v) is 10.7. The third kappa shape index (κ3) is 20.0. The zero-order valence-corrected chi connectivity index (χ0v) is 33.2. The first-order valence-electron chi connectivity index (χ1n) is 21.6. The zero-order valence-electron chi connectivity index (χ0n) is 33.2. The molecule has 2 saturated heterocycles. The van der Waals surface area contributed by atoms with Crippen molar-refractivity contribution in [3.05, 3.63) is 24.3 Å². The fraction of sp³-hybridized carbons (Fsp3) is 0.864. The number of nitrogens with zero attached hydrogens (tertiary/aromatic N) is 2. The first-order valence-corrected chi connectivity index (χ1v) is 21.6. The van der Waals surface area contributed by atoms with Crippen molar-refractivity contribution < 1.29 is 19.1 Å². The summed E-state index contributed by atoms with van der Waals surface area (Å²) in [6.45, 7) is 7.88. The van der Waals surface area contributed by atoms with Gasteiger partial charge in [-0.25, -0.2) is 4.90 Å². The normalized spacial score (nSPS) is 20.5. The van der Waals surface area contributed by atoms with Gasteiger partial charge in [0.1, 0.15) is 6.10 Å². The SMILES string of the molecule is CCCCCCCC/C=C\CCCCCCCC(=O)C1COC(C(=O)CCCCCCC/C=C\CCCCCCCC)(N2CCN(C)CC2)O1. The predicted octanol–water partition coefficient (Wildman–Crippen LogP) is 11.5. The maximum Gasteiger partial charge on any atom is 0.293 e. The molecular weight excluding hydrogens is 620 g/mol. The number of hydrogen-bond acceptors (Lipinski definition) is 6. The van der Waals surface area contributed by atoms with Gasteiger partial charge in [-0.15, -0.1) is 0 Å². The fourth-order valence-electron chi connectivity index (χ4n) is 7.24. The molecule has 0 aromatic heterocycles. The van der Waals surface area contributed by atoms with E-state index in [0.29, 0.717) is 25.9 Å². The summed E-state index contributed by atoms with van der Waals surface area (Å²) < 4.78 is 12.6. The summed E-state index contributed by atoms with van der Waals surface area (Å²) in [5, 5.41) is 0. The molecule has 0 aliphatic carbocycles. The fourth-order valence-corrected chi connectivity index (χ4v) is 7.24. The number of rotatable bonds is 33. The van der Waals surface area contributed by atoms with Crippen molar-refractivity contribution in [1.82, 2.24) is 9.80 Å². The second kappa shape index (κ2) is 30.2. The molecule has 2 rings (SSSR count). The maximum atomic E-state index is 13.7. The molecule has 2 fully saturated rings. The van der Waals surface area contributed by atoms with E-state index in [1.807, 2.05) is 0 Å². The monoisotopic (exact) mass is 701 g/mol. The van der Waals surface area contributed by atoms with Crippen molar-refractivity contribution in [3.8, 4) is 0 Å². The van der Waals surface area contributed by atoms with Gasteiger partial charge in [-0.2, -0.15) is 0 Å². The molecular formula is C44H80N2O4. The molecule has 2 aliphatic rings. The van der Waals surface area contributed by atoms with Gasteiger partial charge >= 0.3 is 0 Å². The van der Waals surface area contributed by atoms with Crippen molar-refractivity contribution in [3.63, 3.8) is 0 Å². The molecule has 2 heterocycles. The molecule has 2 unspecified atom stereocenters. The largest absolute Gasteiger partial charge is 0.328 e. The van der Waals surface area contributed by atoms with E-state index in [9.17, 15) is 9.59 Å². The van der Waals surface area contributed by atoms with Crippen LogP contribution in [0.4, 0.5) is 0 Å². The van der Waals surface area contributed by atoms with Crippen molar-refractivity contribution in [2.45, 2.75) is 206 Å². The number of allylic oxidation sites excluding steroid dienone is 4. The minimum Gasteiger partial charge on any atom is -0.328 e. The van der Waals surface area contributed by atoms with Gasteiger partial charge in [-0.1, -0.05) is 141 Å². The second-order valence-electron chi connectivity index (χ2n) is 15.3. The van der Waals surface area contributed by atoms with E-state index < -0.39 is 12.0 Å². The topological polar surface area (TPSA) is 59.1 Å². The van der Waals surface area contributed by atoms with Crippen LogP contribution in [0.1, 0.15) is 194 Å². The second-order valence-corrected chi connectivity index (χ2v) is 15.3. The number of carbonyl (C=O) groups is 2. The third-order valence-electron chi connectivity index (χ3n) is 10.7. The number of ether oxygens (including phenoxy) is 2. The molecule has 2 atom stereocenters. The number of unbranched alkanes of at least 4 members (excludes halogenated alkanes) is 22. The molecule has 0 saturated carbocycles. The Kier molecular flexibility index (Phi) is 27.0. The summed E-state index contributed by atoms with van der Waals surface area (Å²) in [6.07, 6.45) is 41.9. The number of piperazine rings is 1. The summed E-state index contributed by atoms with van der Waals surface area (Å²) in [5.74, 6) is -1.30. The molecule has 2 aliphatic heterocycles. The van der Waals surface area contributed by atoms with E-state index in [0.717, 1.165) is 51.6 Å². The van der Waals surface area contributed by atoms with Crippen LogP contribution in [0.25, 0.3) is 0 Å². The van der Waals surface area contributed by atoms with Gasteiger partial charge in [0.2, 0.25) is 5.78 Å². The van der Waals surface area contributed by atoms with Crippen LogP contribution >= 0.6 is 0 Å². The van der Waals surface area contributed by atoms with E-state index in [1.165, 1.54) is 128 Å². The smallest absolute Gasteiger partial charge is 0.293 e. The predicted molar refractivity (Wildman–Crippen MR) is 212 cm³/mol. The Morgan fingerprint density at radius 1 is 0.560 bits per heavy atom. The summed E-state index contributed by atoms with van der Waals surface area (Å²) >= 11 is 0. The molecule has 6 nitrogen and oxygen atoms in total. The molecule has 0 aromatic rings. The van der Waals surface area contributed by atoms with Crippen molar-refractivity contribution in [1.29, 1.82) is 0 Å². The Hall–Kier alpha value is -1.34. The Balaban J connectivity index is 1.60. The van der Waals surface area contributed by atoms with E-state index >= 15 is 0 Å². The van der Waals surface area contributed by atoms with Gasteiger partial charge in [-0.3, -0.25) is 9.59 Å².